The molecule has 0 bridgehead atoms. The molecule has 0 radical (unpaired) electrons. The lowest BCUT2D eigenvalue weighted by Crippen LogP contribution is -2.40. The predicted molar refractivity (Wildman–Crippen MR) is 121 cm³/mol. The van der Waals surface area contributed by atoms with Gasteiger partial charge in [-0.3, -0.25) is 9.59 Å². The number of nitrogens with zero attached hydrogens (tertiary/aromatic N) is 2. The van der Waals surface area contributed by atoms with E-state index in [1.54, 1.807) is 11.3 Å². The number of benzene rings is 2. The summed E-state index contributed by atoms with van der Waals surface area (Å²) in [6.07, 6.45) is 3.76. The van der Waals surface area contributed by atoms with Crippen molar-refractivity contribution in [1.82, 2.24) is 4.98 Å². The van der Waals surface area contributed by atoms with Crippen molar-refractivity contribution in [2.45, 2.75) is 25.7 Å². The molecule has 154 valence electrons. The number of rotatable bonds is 5. The van der Waals surface area contributed by atoms with Gasteiger partial charge >= 0.3 is 0 Å². The number of carbonyl (C=O) groups is 2. The molecular weight excluding hydrogens is 396 g/mol. The van der Waals surface area contributed by atoms with Gasteiger partial charge in [0.1, 0.15) is 0 Å². The molecule has 2 fully saturated rings. The summed E-state index contributed by atoms with van der Waals surface area (Å²) < 4.78 is 1.17. The van der Waals surface area contributed by atoms with Crippen LogP contribution in [0.3, 0.4) is 0 Å². The molecule has 1 aliphatic heterocycles. The van der Waals surface area contributed by atoms with E-state index in [0.717, 1.165) is 48.6 Å². The second-order valence-corrected chi connectivity index (χ2v) is 9.09. The number of aromatic nitrogens is 1. The van der Waals surface area contributed by atoms with Crippen LogP contribution < -0.4 is 15.5 Å². The minimum atomic E-state index is -0.0875. The summed E-state index contributed by atoms with van der Waals surface area (Å²) in [7, 11) is 0. The summed E-state index contributed by atoms with van der Waals surface area (Å²) in [5.74, 6) is 0.151. The minimum absolute atomic E-state index is 0.0199. The standard InChI is InChI=1S/C23H24N4O2S/c28-21(15-10-11-15)24-17-6-3-7-18(13-17)25-22(29)16-5-4-12-27(14-16)23-26-19-8-1-2-9-20(19)30-23/h1-3,6-9,13,15-16H,4-5,10-12,14H2,(H,24,28)(H,25,29). The van der Waals surface area contributed by atoms with Crippen LogP contribution in [0.2, 0.25) is 0 Å². The Morgan fingerprint density at radius 1 is 0.933 bits per heavy atom. The van der Waals surface area contributed by atoms with Gasteiger partial charge in [-0.2, -0.15) is 0 Å². The molecule has 1 saturated carbocycles. The Labute approximate surface area is 179 Å². The summed E-state index contributed by atoms with van der Waals surface area (Å²) in [5, 5.41) is 6.95. The highest BCUT2D eigenvalue weighted by atomic mass is 32.1. The molecular formula is C23H24N4O2S. The topological polar surface area (TPSA) is 74.3 Å². The van der Waals surface area contributed by atoms with Gasteiger partial charge in [-0.15, -0.1) is 0 Å². The van der Waals surface area contributed by atoms with Crippen molar-refractivity contribution in [1.29, 1.82) is 0 Å². The quantitative estimate of drug-likeness (QED) is 0.637. The Morgan fingerprint density at radius 3 is 2.40 bits per heavy atom. The van der Waals surface area contributed by atoms with Crippen molar-refractivity contribution in [3.8, 4) is 0 Å². The maximum atomic E-state index is 12.9. The highest BCUT2D eigenvalue weighted by molar-refractivity contribution is 7.22. The molecule has 5 rings (SSSR count). The van der Waals surface area contributed by atoms with E-state index in [1.165, 1.54) is 4.70 Å². The SMILES string of the molecule is O=C(Nc1cccc(NC(=O)C2CCCN(c3nc4ccccc4s3)C2)c1)C1CC1. The molecule has 7 heteroatoms. The van der Waals surface area contributed by atoms with E-state index in [-0.39, 0.29) is 23.7 Å². The van der Waals surface area contributed by atoms with Gasteiger partial charge < -0.3 is 15.5 Å². The first-order valence-corrected chi connectivity index (χ1v) is 11.3. The van der Waals surface area contributed by atoms with Crippen LogP contribution in [0.4, 0.5) is 16.5 Å². The number of hydrogen-bond donors (Lipinski definition) is 2. The van der Waals surface area contributed by atoms with Gasteiger partial charge in [0.25, 0.3) is 0 Å². The normalized spacial score (nSPS) is 18.9. The highest BCUT2D eigenvalue weighted by Crippen LogP contribution is 2.32. The number of thiazole rings is 1. The van der Waals surface area contributed by atoms with Crippen LogP contribution >= 0.6 is 11.3 Å². The summed E-state index contributed by atoms with van der Waals surface area (Å²) in [6, 6.07) is 15.5. The lowest BCUT2D eigenvalue weighted by atomic mass is 9.97. The third-order valence-corrected chi connectivity index (χ3v) is 6.79. The fourth-order valence-electron chi connectivity index (χ4n) is 3.87. The lowest BCUT2D eigenvalue weighted by Gasteiger charge is -2.31. The third-order valence-electron chi connectivity index (χ3n) is 5.69. The van der Waals surface area contributed by atoms with Crippen molar-refractivity contribution >= 4 is 49.9 Å². The van der Waals surface area contributed by atoms with Crippen LogP contribution in [0.25, 0.3) is 10.2 Å². The lowest BCUT2D eigenvalue weighted by molar-refractivity contribution is -0.120. The smallest absolute Gasteiger partial charge is 0.229 e. The molecule has 1 atom stereocenters. The van der Waals surface area contributed by atoms with E-state index in [2.05, 4.69) is 21.6 Å². The number of nitrogens with one attached hydrogen (secondary N) is 2. The Kier molecular flexibility index (Phi) is 5.12. The van der Waals surface area contributed by atoms with Crippen LogP contribution in [0.1, 0.15) is 25.7 Å². The van der Waals surface area contributed by atoms with Gasteiger partial charge in [-0.05, 0) is 56.0 Å². The minimum Gasteiger partial charge on any atom is -0.347 e. The van der Waals surface area contributed by atoms with Crippen LogP contribution in [-0.4, -0.2) is 29.9 Å². The number of para-hydroxylation sites is 1. The van der Waals surface area contributed by atoms with Crippen molar-refractivity contribution in [3.05, 3.63) is 48.5 Å². The fourth-order valence-corrected chi connectivity index (χ4v) is 4.87. The summed E-state index contributed by atoms with van der Waals surface area (Å²) in [6.45, 7) is 1.59. The zero-order valence-electron chi connectivity index (χ0n) is 16.6. The molecule has 2 aromatic carbocycles. The first kappa shape index (κ1) is 19.1. The summed E-state index contributed by atoms with van der Waals surface area (Å²) >= 11 is 1.68. The summed E-state index contributed by atoms with van der Waals surface area (Å²) in [5.41, 5.74) is 2.45. The van der Waals surface area contributed by atoms with Crippen LogP contribution in [0.5, 0.6) is 0 Å². The van der Waals surface area contributed by atoms with E-state index < -0.39 is 0 Å². The Balaban J connectivity index is 1.24. The molecule has 1 aromatic heterocycles. The maximum Gasteiger partial charge on any atom is 0.229 e. The molecule has 3 aromatic rings. The fraction of sp³-hybridized carbons (Fsp3) is 0.348. The Hall–Kier alpha value is -2.93. The molecule has 0 spiro atoms. The van der Waals surface area contributed by atoms with Crippen LogP contribution in [-0.2, 0) is 9.59 Å². The number of anilines is 3. The average Bonchev–Trinajstić information content (AvgIpc) is 3.53. The van der Waals surface area contributed by atoms with Gasteiger partial charge in [0.2, 0.25) is 11.8 Å². The van der Waals surface area contributed by atoms with E-state index in [0.29, 0.717) is 12.2 Å². The van der Waals surface area contributed by atoms with E-state index in [4.69, 9.17) is 4.98 Å². The average molecular weight is 421 g/mol. The zero-order valence-corrected chi connectivity index (χ0v) is 17.5. The van der Waals surface area contributed by atoms with Gasteiger partial charge in [0, 0.05) is 30.4 Å². The van der Waals surface area contributed by atoms with Crippen molar-refractivity contribution in [2.75, 3.05) is 28.6 Å². The zero-order chi connectivity index (χ0) is 20.5. The van der Waals surface area contributed by atoms with Gasteiger partial charge in [0.05, 0.1) is 16.1 Å². The second-order valence-electron chi connectivity index (χ2n) is 8.08. The molecule has 6 nitrogen and oxygen atoms in total. The number of amides is 2. The van der Waals surface area contributed by atoms with Gasteiger partial charge in [-0.1, -0.05) is 29.5 Å². The molecule has 2 aliphatic rings. The largest absolute Gasteiger partial charge is 0.347 e. The third kappa shape index (κ3) is 4.16. The Morgan fingerprint density at radius 2 is 1.67 bits per heavy atom. The predicted octanol–water partition coefficient (Wildman–Crippen LogP) is 4.50. The monoisotopic (exact) mass is 420 g/mol. The summed E-state index contributed by atoms with van der Waals surface area (Å²) in [4.78, 5) is 31.9. The molecule has 2 heterocycles. The number of carbonyl (C=O) groups excluding carboxylic acids is 2. The second kappa shape index (κ2) is 8.07. The van der Waals surface area contributed by atoms with Gasteiger partial charge in [-0.25, -0.2) is 4.98 Å². The number of hydrogen-bond acceptors (Lipinski definition) is 5. The molecule has 1 saturated heterocycles. The molecule has 30 heavy (non-hydrogen) atoms. The van der Waals surface area contributed by atoms with Crippen molar-refractivity contribution < 1.29 is 9.59 Å². The first-order chi connectivity index (χ1) is 14.7. The number of piperidine rings is 1. The van der Waals surface area contributed by atoms with Crippen LogP contribution in [0, 0.1) is 11.8 Å². The van der Waals surface area contributed by atoms with Crippen molar-refractivity contribution in [3.63, 3.8) is 0 Å². The molecule has 2 N–H and O–H groups in total. The highest BCUT2D eigenvalue weighted by Gasteiger charge is 2.30. The molecule has 1 unspecified atom stereocenters. The van der Waals surface area contributed by atoms with Crippen molar-refractivity contribution in [2.24, 2.45) is 11.8 Å². The number of fused-ring (bicyclic) bond motifs is 1. The van der Waals surface area contributed by atoms with Crippen LogP contribution in [0.15, 0.2) is 48.5 Å². The molecule has 1 aliphatic carbocycles. The maximum absolute atomic E-state index is 12.9. The van der Waals surface area contributed by atoms with E-state index in [9.17, 15) is 9.59 Å². The van der Waals surface area contributed by atoms with Gasteiger partial charge in [0.15, 0.2) is 5.13 Å². The van der Waals surface area contributed by atoms with E-state index >= 15 is 0 Å². The van der Waals surface area contributed by atoms with E-state index in [1.807, 2.05) is 42.5 Å². The first-order valence-electron chi connectivity index (χ1n) is 10.5. The molecule has 2 amide bonds. The Bertz CT molecular complexity index is 1060.